The summed E-state index contributed by atoms with van der Waals surface area (Å²) >= 11 is 0. The molecule has 7 nitrogen and oxygen atoms in total. The number of fused-ring (bicyclic) bond motifs is 1. The number of carbonyl (C=O) groups excluding carboxylic acids is 1. The highest BCUT2D eigenvalue weighted by Gasteiger charge is 2.41. The molecular weight excluding hydrogens is 392 g/mol. The van der Waals surface area contributed by atoms with Gasteiger partial charge in [0.05, 0.1) is 6.04 Å². The fourth-order valence-electron chi connectivity index (χ4n) is 3.20. The van der Waals surface area contributed by atoms with Gasteiger partial charge >= 0.3 is 6.02 Å². The molecule has 3 aromatic rings. The zero-order valence-electron chi connectivity index (χ0n) is 15.8. The van der Waals surface area contributed by atoms with Crippen molar-refractivity contribution in [3.05, 3.63) is 71.8 Å². The van der Waals surface area contributed by atoms with E-state index in [-0.39, 0.29) is 29.6 Å². The van der Waals surface area contributed by atoms with Gasteiger partial charge in [0.15, 0.2) is 6.80 Å². The van der Waals surface area contributed by atoms with Gasteiger partial charge < -0.3 is 15.9 Å². The Morgan fingerprint density at radius 3 is 2.83 bits per heavy atom. The summed E-state index contributed by atoms with van der Waals surface area (Å²) in [5.74, 6) is -0.947. The minimum Gasteiger partial charge on any atom is -0.371 e. The zero-order chi connectivity index (χ0) is 21.1. The molecule has 1 aliphatic carbocycles. The number of pyridine rings is 1. The van der Waals surface area contributed by atoms with Crippen LogP contribution in [0.2, 0.25) is 0 Å². The maximum atomic E-state index is 14.3. The fourth-order valence-corrected chi connectivity index (χ4v) is 3.20. The fraction of sp³-hybridized carbons (Fsp3) is 0.190. The summed E-state index contributed by atoms with van der Waals surface area (Å²) in [7, 11) is 0. The summed E-state index contributed by atoms with van der Waals surface area (Å²) in [5, 5.41) is 4.59. The predicted molar refractivity (Wildman–Crippen MR) is 109 cm³/mol. The van der Waals surface area contributed by atoms with Gasteiger partial charge in [0, 0.05) is 23.2 Å². The standard InChI is InChI=1S/C21H19F2N5O2/c22-11-26-21(24)30-28-18-9-16(18)15-8-14(5-6-17(15)23)27-20(29)19-7-12-3-1-2-4-13(12)10-25-19/h1-8,10,16,18,28H,9,11H2,(H2,24,26)(H,27,29)/t16-,18-/m1/s1. The molecule has 1 saturated carbocycles. The van der Waals surface area contributed by atoms with Gasteiger partial charge in [-0.15, -0.1) is 5.48 Å². The summed E-state index contributed by atoms with van der Waals surface area (Å²) in [6.45, 7) is -0.982. The van der Waals surface area contributed by atoms with E-state index in [1.807, 2.05) is 24.3 Å². The SMILES string of the molecule is N/C(=N/CF)ON[C@@H]1C[C@@H]1c1cc(NC(=O)c2cc3ccccc3cn2)ccc1F. The first-order valence-electron chi connectivity index (χ1n) is 9.29. The highest BCUT2D eigenvalue weighted by Crippen LogP contribution is 2.42. The molecule has 1 fully saturated rings. The number of amides is 1. The van der Waals surface area contributed by atoms with Gasteiger partial charge in [-0.25, -0.2) is 13.8 Å². The number of hydroxylamine groups is 1. The molecule has 4 N–H and O–H groups in total. The van der Waals surface area contributed by atoms with E-state index in [2.05, 4.69) is 20.8 Å². The number of nitrogens with zero attached hydrogens (tertiary/aromatic N) is 2. The van der Waals surface area contributed by atoms with Gasteiger partial charge in [-0.2, -0.15) is 0 Å². The molecule has 0 unspecified atom stereocenters. The van der Waals surface area contributed by atoms with Gasteiger partial charge in [-0.05, 0) is 41.6 Å². The van der Waals surface area contributed by atoms with Crippen molar-refractivity contribution in [3.63, 3.8) is 0 Å². The lowest BCUT2D eigenvalue weighted by atomic mass is 10.1. The van der Waals surface area contributed by atoms with Crippen LogP contribution in [0.15, 0.2) is 59.7 Å². The number of halogens is 2. The minimum absolute atomic E-state index is 0.168. The largest absolute Gasteiger partial charge is 0.371 e. The van der Waals surface area contributed by atoms with Crippen LogP contribution in [-0.2, 0) is 4.84 Å². The molecule has 0 radical (unpaired) electrons. The highest BCUT2D eigenvalue weighted by molar-refractivity contribution is 6.04. The number of aliphatic imine (C=N–C) groups is 1. The van der Waals surface area contributed by atoms with Gasteiger partial charge in [0.2, 0.25) is 0 Å². The number of aromatic nitrogens is 1. The van der Waals surface area contributed by atoms with Gasteiger partial charge in [0.1, 0.15) is 11.5 Å². The maximum Gasteiger partial charge on any atom is 0.304 e. The second-order valence-electron chi connectivity index (χ2n) is 6.89. The Kier molecular flexibility index (Phi) is 5.53. The van der Waals surface area contributed by atoms with Gasteiger partial charge in [-0.1, -0.05) is 24.3 Å². The van der Waals surface area contributed by atoms with Crippen LogP contribution in [0.1, 0.15) is 28.4 Å². The monoisotopic (exact) mass is 411 g/mol. The molecule has 0 bridgehead atoms. The molecule has 0 saturated heterocycles. The van der Waals surface area contributed by atoms with Gasteiger partial charge in [0.25, 0.3) is 5.91 Å². The molecule has 1 heterocycles. The molecule has 2 atom stereocenters. The molecule has 9 heteroatoms. The van der Waals surface area contributed by atoms with Crippen LogP contribution >= 0.6 is 0 Å². The number of carbonyl (C=O) groups is 1. The molecule has 1 aliphatic rings. The molecule has 0 aliphatic heterocycles. The number of alkyl halides is 1. The Hall–Kier alpha value is -3.59. The van der Waals surface area contributed by atoms with Gasteiger partial charge in [-0.3, -0.25) is 9.78 Å². The van der Waals surface area contributed by atoms with E-state index in [0.29, 0.717) is 17.7 Å². The third-order valence-electron chi connectivity index (χ3n) is 4.84. The average Bonchev–Trinajstić information content (AvgIpc) is 3.53. The van der Waals surface area contributed by atoms with Crippen molar-refractivity contribution in [2.24, 2.45) is 10.7 Å². The van der Waals surface area contributed by atoms with Crippen molar-refractivity contribution in [2.75, 3.05) is 12.1 Å². The second-order valence-corrected chi connectivity index (χ2v) is 6.89. The summed E-state index contributed by atoms with van der Waals surface area (Å²) in [6, 6.07) is 13.2. The quantitative estimate of drug-likeness (QED) is 0.250. The molecular formula is C21H19F2N5O2. The van der Waals surface area contributed by atoms with Crippen LogP contribution < -0.4 is 16.5 Å². The smallest absolute Gasteiger partial charge is 0.304 e. The number of anilines is 1. The lowest BCUT2D eigenvalue weighted by Gasteiger charge is -2.09. The normalized spacial score (nSPS) is 18.3. The van der Waals surface area contributed by atoms with E-state index in [1.165, 1.54) is 12.1 Å². The topological polar surface area (TPSA) is 102 Å². The van der Waals surface area contributed by atoms with Crippen molar-refractivity contribution >= 4 is 28.4 Å². The zero-order valence-corrected chi connectivity index (χ0v) is 15.8. The van der Waals surface area contributed by atoms with E-state index in [9.17, 15) is 13.6 Å². The van der Waals surface area contributed by atoms with E-state index in [4.69, 9.17) is 10.6 Å². The van der Waals surface area contributed by atoms with E-state index < -0.39 is 12.6 Å². The van der Waals surface area contributed by atoms with Crippen molar-refractivity contribution in [3.8, 4) is 0 Å². The van der Waals surface area contributed by atoms with Crippen molar-refractivity contribution in [1.29, 1.82) is 0 Å². The Bertz CT molecular complexity index is 1120. The molecule has 1 aromatic heterocycles. The first-order valence-corrected chi connectivity index (χ1v) is 9.29. The average molecular weight is 411 g/mol. The van der Waals surface area contributed by atoms with Crippen LogP contribution in [-0.4, -0.2) is 29.8 Å². The molecule has 2 aromatic carbocycles. The van der Waals surface area contributed by atoms with Crippen LogP contribution in [0.3, 0.4) is 0 Å². The summed E-state index contributed by atoms with van der Waals surface area (Å²) < 4.78 is 26.4. The number of nitrogens with two attached hydrogens (primary N) is 1. The summed E-state index contributed by atoms with van der Waals surface area (Å²) in [4.78, 5) is 25.0. The Labute approximate surface area is 170 Å². The molecule has 1 amide bonds. The van der Waals surface area contributed by atoms with Crippen molar-refractivity contribution in [1.82, 2.24) is 10.5 Å². The number of hydrogen-bond acceptors (Lipinski definition) is 5. The minimum atomic E-state index is -0.982. The summed E-state index contributed by atoms with van der Waals surface area (Å²) in [6.07, 6.45) is 2.24. The Morgan fingerprint density at radius 1 is 1.23 bits per heavy atom. The predicted octanol–water partition coefficient (Wildman–Crippen LogP) is 3.25. The number of amidine groups is 1. The highest BCUT2D eigenvalue weighted by atomic mass is 19.1. The van der Waals surface area contributed by atoms with Crippen molar-refractivity contribution in [2.45, 2.75) is 18.4 Å². The molecule has 30 heavy (non-hydrogen) atoms. The van der Waals surface area contributed by atoms with Crippen molar-refractivity contribution < 1.29 is 18.4 Å². The van der Waals surface area contributed by atoms with Crippen LogP contribution in [0.4, 0.5) is 14.5 Å². The molecule has 154 valence electrons. The van der Waals surface area contributed by atoms with E-state index >= 15 is 0 Å². The first-order chi connectivity index (χ1) is 14.5. The second kappa shape index (κ2) is 8.42. The molecule has 0 spiro atoms. The van der Waals surface area contributed by atoms with Crippen LogP contribution in [0, 0.1) is 5.82 Å². The number of hydrogen-bond donors (Lipinski definition) is 3. The molecule has 4 rings (SSSR count). The van der Waals surface area contributed by atoms with E-state index in [0.717, 1.165) is 10.8 Å². The third-order valence-corrected chi connectivity index (χ3v) is 4.84. The third kappa shape index (κ3) is 4.36. The maximum absolute atomic E-state index is 14.3. The van der Waals surface area contributed by atoms with Crippen LogP contribution in [0.5, 0.6) is 0 Å². The van der Waals surface area contributed by atoms with E-state index in [1.54, 1.807) is 18.3 Å². The lowest BCUT2D eigenvalue weighted by Crippen LogP contribution is -2.28. The number of rotatable bonds is 6. The van der Waals surface area contributed by atoms with Crippen LogP contribution in [0.25, 0.3) is 10.8 Å². The summed E-state index contributed by atoms with van der Waals surface area (Å²) in [5.41, 5.74) is 9.13. The Balaban J connectivity index is 1.44. The number of nitrogens with one attached hydrogen (secondary N) is 2. The Morgan fingerprint density at radius 2 is 2.03 bits per heavy atom. The number of benzene rings is 2. The first kappa shape index (κ1) is 19.7. The lowest BCUT2D eigenvalue weighted by molar-refractivity contribution is 0.102.